The molecular weight excluding hydrogens is 526 g/mol. The number of hydrogen-bond donors (Lipinski definition) is 2. The van der Waals surface area contributed by atoms with Crippen LogP contribution in [0.5, 0.6) is 5.75 Å². The highest BCUT2D eigenvalue weighted by Gasteiger charge is 2.81. The van der Waals surface area contributed by atoms with E-state index < -0.39 is 16.9 Å². The molecule has 0 bridgehead atoms. The first kappa shape index (κ1) is 25.1. The number of nitrogens with zero attached hydrogens (tertiary/aromatic N) is 1. The summed E-state index contributed by atoms with van der Waals surface area (Å²) in [6, 6.07) is 17.8. The standard InChI is InChI=1S/C32H28ClN3O4/c1-3-17-40-25-13-7-4-9-19(25)28(37)26-24-12-8-16-36(24)32(21-14-15-22(33)18(2)27(21)35-30(32)39)31(26)20-10-5-6-11-23(20)34-29(31)38/h3-7,9-11,13-15,24,26H,1,8,12,16-17H2,2H3,(H,34,38)(H,35,39)/t24-,26-,31+,32-/m0/s1. The van der Waals surface area contributed by atoms with E-state index in [-0.39, 0.29) is 30.2 Å². The van der Waals surface area contributed by atoms with Gasteiger partial charge < -0.3 is 15.4 Å². The van der Waals surface area contributed by atoms with Gasteiger partial charge in [0.2, 0.25) is 5.91 Å². The molecule has 4 aliphatic heterocycles. The Labute approximate surface area is 237 Å². The van der Waals surface area contributed by atoms with E-state index in [1.807, 2.05) is 43.3 Å². The third-order valence-corrected chi connectivity index (χ3v) is 9.67. The molecule has 4 atom stereocenters. The molecule has 4 heterocycles. The molecule has 0 aliphatic carbocycles. The molecule has 202 valence electrons. The minimum Gasteiger partial charge on any atom is -0.489 e. The molecule has 2 fully saturated rings. The molecule has 7 rings (SSSR count). The van der Waals surface area contributed by atoms with Gasteiger partial charge in [0.15, 0.2) is 5.78 Å². The number of rotatable bonds is 5. The number of ketones is 1. The van der Waals surface area contributed by atoms with Crippen LogP contribution in [0.3, 0.4) is 0 Å². The van der Waals surface area contributed by atoms with Gasteiger partial charge in [-0.25, -0.2) is 0 Å². The summed E-state index contributed by atoms with van der Waals surface area (Å²) >= 11 is 6.51. The number of ether oxygens (including phenoxy) is 1. The molecule has 2 spiro atoms. The van der Waals surface area contributed by atoms with Crippen molar-refractivity contribution in [2.24, 2.45) is 5.92 Å². The van der Waals surface area contributed by atoms with Crippen LogP contribution in [0.4, 0.5) is 11.4 Å². The molecule has 7 nitrogen and oxygen atoms in total. The molecule has 2 amide bonds. The summed E-state index contributed by atoms with van der Waals surface area (Å²) in [4.78, 5) is 46.2. The van der Waals surface area contributed by atoms with Crippen molar-refractivity contribution in [3.8, 4) is 5.75 Å². The molecule has 2 N–H and O–H groups in total. The number of para-hydroxylation sites is 2. The second-order valence-electron chi connectivity index (χ2n) is 10.9. The van der Waals surface area contributed by atoms with E-state index in [2.05, 4.69) is 22.1 Å². The summed E-state index contributed by atoms with van der Waals surface area (Å²) in [6.07, 6.45) is 3.11. The minimum atomic E-state index is -1.52. The van der Waals surface area contributed by atoms with Crippen LogP contribution in [-0.2, 0) is 20.5 Å². The van der Waals surface area contributed by atoms with Gasteiger partial charge in [0.25, 0.3) is 5.91 Å². The molecule has 3 aromatic carbocycles. The quantitative estimate of drug-likeness (QED) is 0.334. The molecule has 2 saturated heterocycles. The fourth-order valence-electron chi connectivity index (χ4n) is 7.88. The number of halogens is 1. The van der Waals surface area contributed by atoms with Gasteiger partial charge in [0.1, 0.15) is 23.3 Å². The Bertz CT molecular complexity index is 1640. The van der Waals surface area contributed by atoms with Crippen molar-refractivity contribution < 1.29 is 19.1 Å². The maximum Gasteiger partial charge on any atom is 0.251 e. The summed E-state index contributed by atoms with van der Waals surface area (Å²) in [5.74, 6) is -1.29. The SMILES string of the molecule is C=CCOc1ccccc1C(=O)[C@@H]1[C@@H]2CCCN2[C@@]2(C(=O)Nc3c2ccc(Cl)c3C)[C@@]12C(=O)Nc1ccccc12. The van der Waals surface area contributed by atoms with Crippen molar-refractivity contribution in [1.82, 2.24) is 4.90 Å². The van der Waals surface area contributed by atoms with Gasteiger partial charge in [0, 0.05) is 22.3 Å². The van der Waals surface area contributed by atoms with Crippen LogP contribution in [0.1, 0.15) is 39.9 Å². The van der Waals surface area contributed by atoms with Crippen LogP contribution >= 0.6 is 11.6 Å². The third-order valence-electron chi connectivity index (χ3n) is 9.26. The van der Waals surface area contributed by atoms with Gasteiger partial charge in [-0.15, -0.1) is 0 Å². The zero-order valence-corrected chi connectivity index (χ0v) is 22.8. The summed E-state index contributed by atoms with van der Waals surface area (Å²) in [5.41, 5.74) is 0.745. The zero-order valence-electron chi connectivity index (χ0n) is 22.0. The van der Waals surface area contributed by atoms with Crippen molar-refractivity contribution in [1.29, 1.82) is 0 Å². The summed E-state index contributed by atoms with van der Waals surface area (Å²) in [5, 5.41) is 6.69. The van der Waals surface area contributed by atoms with E-state index in [1.165, 1.54) is 0 Å². The van der Waals surface area contributed by atoms with Crippen molar-refractivity contribution >= 4 is 40.6 Å². The lowest BCUT2D eigenvalue weighted by Gasteiger charge is -2.43. The molecule has 40 heavy (non-hydrogen) atoms. The minimum absolute atomic E-state index is 0.216. The molecule has 4 aliphatic rings. The van der Waals surface area contributed by atoms with Crippen molar-refractivity contribution in [2.75, 3.05) is 23.8 Å². The van der Waals surface area contributed by atoms with Gasteiger partial charge in [-0.05, 0) is 61.7 Å². The van der Waals surface area contributed by atoms with Crippen LogP contribution < -0.4 is 15.4 Å². The first-order chi connectivity index (χ1) is 19.4. The molecular formula is C32H28ClN3O4. The average Bonchev–Trinajstić information content (AvgIpc) is 3.68. The molecule has 0 unspecified atom stereocenters. The molecule has 0 aromatic heterocycles. The number of benzene rings is 3. The van der Waals surface area contributed by atoms with Crippen LogP contribution in [0.15, 0.2) is 73.3 Å². The van der Waals surface area contributed by atoms with E-state index in [0.29, 0.717) is 51.8 Å². The smallest absolute Gasteiger partial charge is 0.251 e. The maximum absolute atomic E-state index is 14.9. The average molecular weight is 554 g/mol. The number of fused-ring (bicyclic) bond motifs is 7. The van der Waals surface area contributed by atoms with E-state index in [4.69, 9.17) is 16.3 Å². The van der Waals surface area contributed by atoms with E-state index in [9.17, 15) is 14.4 Å². The van der Waals surface area contributed by atoms with Crippen LogP contribution in [0.2, 0.25) is 5.02 Å². The van der Waals surface area contributed by atoms with Crippen LogP contribution in [0.25, 0.3) is 0 Å². The summed E-state index contributed by atoms with van der Waals surface area (Å²) < 4.78 is 5.90. The second kappa shape index (κ2) is 8.78. The lowest BCUT2D eigenvalue weighted by Crippen LogP contribution is -2.62. The lowest BCUT2D eigenvalue weighted by molar-refractivity contribution is -0.137. The van der Waals surface area contributed by atoms with Gasteiger partial charge >= 0.3 is 0 Å². The first-order valence-corrected chi connectivity index (χ1v) is 13.9. The van der Waals surface area contributed by atoms with Crippen molar-refractivity contribution in [3.63, 3.8) is 0 Å². The Kier molecular flexibility index (Phi) is 5.50. The Hall–Kier alpha value is -3.94. The van der Waals surface area contributed by atoms with Crippen molar-refractivity contribution in [2.45, 2.75) is 36.8 Å². The lowest BCUT2D eigenvalue weighted by atomic mass is 9.57. The molecule has 0 radical (unpaired) electrons. The number of anilines is 2. The van der Waals surface area contributed by atoms with Crippen LogP contribution in [-0.4, -0.2) is 41.7 Å². The molecule has 3 aromatic rings. The second-order valence-corrected chi connectivity index (χ2v) is 11.3. The molecule has 0 saturated carbocycles. The van der Waals surface area contributed by atoms with Crippen LogP contribution in [0, 0.1) is 12.8 Å². The number of amides is 2. The normalized spacial score (nSPS) is 27.9. The zero-order chi connectivity index (χ0) is 27.8. The monoisotopic (exact) mass is 553 g/mol. The van der Waals surface area contributed by atoms with Crippen molar-refractivity contribution in [3.05, 3.63) is 101 Å². The topological polar surface area (TPSA) is 87.7 Å². The number of carbonyl (C=O) groups is 3. The third kappa shape index (κ3) is 2.86. The number of carbonyl (C=O) groups excluding carboxylic acids is 3. The Morgan fingerprint density at radius 2 is 1.85 bits per heavy atom. The van der Waals surface area contributed by atoms with E-state index in [0.717, 1.165) is 12.0 Å². The Morgan fingerprint density at radius 3 is 2.67 bits per heavy atom. The fourth-order valence-corrected chi connectivity index (χ4v) is 8.04. The Balaban J connectivity index is 1.56. The van der Waals surface area contributed by atoms with Gasteiger partial charge in [-0.1, -0.05) is 60.7 Å². The van der Waals surface area contributed by atoms with Gasteiger partial charge in [-0.3, -0.25) is 19.3 Å². The predicted molar refractivity (Wildman–Crippen MR) is 153 cm³/mol. The number of Topliss-reactive ketones (excluding diaryl/α,β-unsaturated/α-hetero) is 1. The Morgan fingerprint density at radius 1 is 1.07 bits per heavy atom. The first-order valence-electron chi connectivity index (χ1n) is 13.5. The summed E-state index contributed by atoms with van der Waals surface area (Å²) in [6.45, 7) is 6.41. The highest BCUT2D eigenvalue weighted by molar-refractivity contribution is 6.32. The number of hydrogen-bond acceptors (Lipinski definition) is 5. The highest BCUT2D eigenvalue weighted by atomic mass is 35.5. The van der Waals surface area contributed by atoms with E-state index >= 15 is 0 Å². The summed E-state index contributed by atoms with van der Waals surface area (Å²) in [7, 11) is 0. The maximum atomic E-state index is 14.9. The van der Waals surface area contributed by atoms with E-state index in [1.54, 1.807) is 30.3 Å². The van der Waals surface area contributed by atoms with Gasteiger partial charge in [-0.2, -0.15) is 0 Å². The fraction of sp³-hybridized carbons (Fsp3) is 0.281. The highest BCUT2D eigenvalue weighted by Crippen LogP contribution is 2.68. The number of nitrogens with one attached hydrogen (secondary N) is 2. The predicted octanol–water partition coefficient (Wildman–Crippen LogP) is 5.23. The molecule has 8 heteroatoms. The largest absolute Gasteiger partial charge is 0.489 e. The van der Waals surface area contributed by atoms with Gasteiger partial charge in [0.05, 0.1) is 17.2 Å².